The molecule has 0 saturated carbocycles. The molecule has 2 rings (SSSR count). The summed E-state index contributed by atoms with van der Waals surface area (Å²) in [5.74, 6) is 2.25. The zero-order valence-electron chi connectivity index (χ0n) is 9.89. The van der Waals surface area contributed by atoms with Gasteiger partial charge in [-0.25, -0.2) is 4.98 Å². The number of thioether (sulfide) groups is 1. The summed E-state index contributed by atoms with van der Waals surface area (Å²) in [6, 6.07) is 4.55. The van der Waals surface area contributed by atoms with E-state index in [1.54, 1.807) is 0 Å². The second-order valence-electron chi connectivity index (χ2n) is 4.20. The maximum atomic E-state index is 5.77. The summed E-state index contributed by atoms with van der Waals surface area (Å²) < 4.78 is 0. The Labute approximate surface area is 101 Å². The van der Waals surface area contributed by atoms with E-state index in [-0.39, 0.29) is 0 Å². The van der Waals surface area contributed by atoms with Crippen LogP contribution < -0.4 is 10.6 Å². The van der Waals surface area contributed by atoms with Crippen LogP contribution in [-0.4, -0.2) is 28.6 Å². The summed E-state index contributed by atoms with van der Waals surface area (Å²) in [5.41, 5.74) is 6.91. The van der Waals surface area contributed by atoms with Crippen molar-refractivity contribution in [1.82, 2.24) is 4.98 Å². The Morgan fingerprint density at radius 3 is 3.12 bits per heavy atom. The molecule has 0 spiro atoms. The summed E-state index contributed by atoms with van der Waals surface area (Å²) in [6.45, 7) is 6.19. The van der Waals surface area contributed by atoms with Crippen LogP contribution in [-0.2, 0) is 6.54 Å². The van der Waals surface area contributed by atoms with Crippen molar-refractivity contribution in [2.75, 3.05) is 17.2 Å². The van der Waals surface area contributed by atoms with Crippen molar-refractivity contribution in [3.05, 3.63) is 23.9 Å². The summed E-state index contributed by atoms with van der Waals surface area (Å²) in [7, 11) is 0. The van der Waals surface area contributed by atoms with Crippen molar-refractivity contribution in [3.63, 3.8) is 0 Å². The number of aromatic nitrogens is 1. The minimum atomic E-state index is 0.527. The van der Waals surface area contributed by atoms with E-state index in [4.69, 9.17) is 5.73 Å². The van der Waals surface area contributed by atoms with Crippen LogP contribution >= 0.6 is 11.8 Å². The molecule has 1 saturated heterocycles. The van der Waals surface area contributed by atoms with E-state index in [9.17, 15) is 0 Å². The summed E-state index contributed by atoms with van der Waals surface area (Å²) in [4.78, 5) is 6.89. The maximum Gasteiger partial charge on any atom is 0.133 e. The Kier molecular flexibility index (Phi) is 3.71. The van der Waals surface area contributed by atoms with Crippen LogP contribution in [0.2, 0.25) is 0 Å². The van der Waals surface area contributed by atoms with E-state index in [1.165, 1.54) is 5.75 Å². The molecular weight excluding hydrogens is 218 g/mol. The smallest absolute Gasteiger partial charge is 0.133 e. The van der Waals surface area contributed by atoms with Crippen molar-refractivity contribution >= 4 is 17.6 Å². The lowest BCUT2D eigenvalue weighted by Crippen LogP contribution is -2.45. The van der Waals surface area contributed by atoms with E-state index >= 15 is 0 Å². The number of rotatable bonds is 2. The minimum absolute atomic E-state index is 0.527. The maximum absolute atomic E-state index is 5.77. The standard InChI is InChI=1S/C12H19N3S/c1-9-10(2)16-7-6-15(9)12-11(8-13)4-3-5-14-12/h3-5,9-10H,6-8,13H2,1-2H3. The van der Waals surface area contributed by atoms with Gasteiger partial charge in [0, 0.05) is 41.9 Å². The van der Waals surface area contributed by atoms with Gasteiger partial charge >= 0.3 is 0 Å². The molecule has 0 amide bonds. The highest BCUT2D eigenvalue weighted by molar-refractivity contribution is 8.00. The van der Waals surface area contributed by atoms with Gasteiger partial charge in [-0.2, -0.15) is 11.8 Å². The third kappa shape index (κ3) is 2.18. The van der Waals surface area contributed by atoms with Crippen LogP contribution in [0.1, 0.15) is 19.4 Å². The molecule has 3 nitrogen and oxygen atoms in total. The molecule has 1 aromatic heterocycles. The number of hydrogen-bond donors (Lipinski definition) is 1. The molecular formula is C12H19N3S. The van der Waals surface area contributed by atoms with Gasteiger partial charge in [0.25, 0.3) is 0 Å². The third-order valence-corrected chi connectivity index (χ3v) is 4.58. The Hall–Kier alpha value is -0.740. The van der Waals surface area contributed by atoms with Crippen molar-refractivity contribution in [3.8, 4) is 0 Å². The number of anilines is 1. The number of nitrogens with zero attached hydrogens (tertiary/aromatic N) is 2. The summed E-state index contributed by atoms with van der Waals surface area (Å²) in [6.07, 6.45) is 1.85. The fourth-order valence-electron chi connectivity index (χ4n) is 2.08. The highest BCUT2D eigenvalue weighted by atomic mass is 32.2. The molecule has 16 heavy (non-hydrogen) atoms. The highest BCUT2D eigenvalue weighted by Gasteiger charge is 2.27. The van der Waals surface area contributed by atoms with Crippen molar-refractivity contribution in [2.24, 2.45) is 5.73 Å². The first-order valence-corrected chi connectivity index (χ1v) is 6.81. The van der Waals surface area contributed by atoms with Crippen LogP contribution in [0.4, 0.5) is 5.82 Å². The first kappa shape index (κ1) is 11.7. The highest BCUT2D eigenvalue weighted by Crippen LogP contribution is 2.29. The fraction of sp³-hybridized carbons (Fsp3) is 0.583. The first-order chi connectivity index (χ1) is 7.74. The van der Waals surface area contributed by atoms with Gasteiger partial charge in [0.2, 0.25) is 0 Å². The second kappa shape index (κ2) is 5.06. The van der Waals surface area contributed by atoms with E-state index < -0.39 is 0 Å². The molecule has 0 aromatic carbocycles. The number of nitrogens with two attached hydrogens (primary N) is 1. The summed E-state index contributed by atoms with van der Waals surface area (Å²) in [5, 5.41) is 0.654. The zero-order valence-corrected chi connectivity index (χ0v) is 10.7. The van der Waals surface area contributed by atoms with Crippen LogP contribution in [0.15, 0.2) is 18.3 Å². The third-order valence-electron chi connectivity index (χ3n) is 3.24. The van der Waals surface area contributed by atoms with Crippen LogP contribution in [0, 0.1) is 0 Å². The van der Waals surface area contributed by atoms with Gasteiger partial charge in [-0.1, -0.05) is 13.0 Å². The van der Waals surface area contributed by atoms with Crippen LogP contribution in [0.3, 0.4) is 0 Å². The normalized spacial score (nSPS) is 25.8. The molecule has 0 bridgehead atoms. The monoisotopic (exact) mass is 237 g/mol. The topological polar surface area (TPSA) is 42.2 Å². The summed E-state index contributed by atoms with van der Waals surface area (Å²) >= 11 is 2.04. The van der Waals surface area contributed by atoms with E-state index in [0.29, 0.717) is 17.8 Å². The van der Waals surface area contributed by atoms with Gasteiger partial charge in [-0.05, 0) is 13.0 Å². The van der Waals surface area contributed by atoms with Gasteiger partial charge < -0.3 is 10.6 Å². The quantitative estimate of drug-likeness (QED) is 0.852. The largest absolute Gasteiger partial charge is 0.352 e. The van der Waals surface area contributed by atoms with Gasteiger partial charge in [0.05, 0.1) is 0 Å². The molecule has 1 aliphatic rings. The molecule has 1 aliphatic heterocycles. The number of hydrogen-bond acceptors (Lipinski definition) is 4. The molecule has 2 heterocycles. The first-order valence-electron chi connectivity index (χ1n) is 5.76. The lowest BCUT2D eigenvalue weighted by Gasteiger charge is -2.39. The average molecular weight is 237 g/mol. The molecule has 88 valence electrons. The minimum Gasteiger partial charge on any atom is -0.352 e. The van der Waals surface area contributed by atoms with Crippen molar-refractivity contribution < 1.29 is 0 Å². The molecule has 0 aliphatic carbocycles. The predicted molar refractivity (Wildman–Crippen MR) is 70.9 cm³/mol. The lowest BCUT2D eigenvalue weighted by molar-refractivity contribution is 0.617. The van der Waals surface area contributed by atoms with Crippen LogP contribution in [0.5, 0.6) is 0 Å². The Morgan fingerprint density at radius 1 is 1.56 bits per heavy atom. The van der Waals surface area contributed by atoms with Gasteiger partial charge in [0.1, 0.15) is 5.82 Å². The van der Waals surface area contributed by atoms with Gasteiger partial charge in [0.15, 0.2) is 0 Å². The Morgan fingerprint density at radius 2 is 2.38 bits per heavy atom. The van der Waals surface area contributed by atoms with Gasteiger partial charge in [-0.15, -0.1) is 0 Å². The molecule has 1 fully saturated rings. The Bertz CT molecular complexity index is 356. The van der Waals surface area contributed by atoms with E-state index in [1.807, 2.05) is 24.0 Å². The molecule has 2 atom stereocenters. The Balaban J connectivity index is 2.28. The van der Waals surface area contributed by atoms with Crippen molar-refractivity contribution in [1.29, 1.82) is 0 Å². The lowest BCUT2D eigenvalue weighted by atomic mass is 10.1. The average Bonchev–Trinajstić information content (AvgIpc) is 2.33. The molecule has 4 heteroatoms. The van der Waals surface area contributed by atoms with E-state index in [0.717, 1.165) is 17.9 Å². The fourth-order valence-corrected chi connectivity index (χ4v) is 3.18. The predicted octanol–water partition coefficient (Wildman–Crippen LogP) is 1.87. The van der Waals surface area contributed by atoms with Gasteiger partial charge in [-0.3, -0.25) is 0 Å². The van der Waals surface area contributed by atoms with E-state index in [2.05, 4.69) is 29.8 Å². The second-order valence-corrected chi connectivity index (χ2v) is 5.69. The number of pyridine rings is 1. The molecule has 0 radical (unpaired) electrons. The molecule has 2 N–H and O–H groups in total. The van der Waals surface area contributed by atoms with Crippen molar-refractivity contribution in [2.45, 2.75) is 31.7 Å². The van der Waals surface area contributed by atoms with Crippen LogP contribution in [0.25, 0.3) is 0 Å². The zero-order chi connectivity index (χ0) is 11.5. The molecule has 2 unspecified atom stereocenters. The molecule has 1 aromatic rings. The SMILES string of the molecule is CC1SCCN(c2ncccc2CN)C1C.